The maximum Gasteiger partial charge on any atom is 0.151 e. The molecule has 0 saturated carbocycles. The average molecular weight is 414 g/mol. The van der Waals surface area contributed by atoms with E-state index in [4.69, 9.17) is 21.1 Å². The molecule has 0 spiro atoms. The molecule has 29 heavy (non-hydrogen) atoms. The molecule has 1 aromatic heterocycles. The highest BCUT2D eigenvalue weighted by atomic mass is 35.5. The molecule has 152 valence electrons. The summed E-state index contributed by atoms with van der Waals surface area (Å²) in [6.45, 7) is 1.36. The van der Waals surface area contributed by atoms with E-state index in [0.29, 0.717) is 28.9 Å². The van der Waals surface area contributed by atoms with Crippen molar-refractivity contribution in [3.63, 3.8) is 0 Å². The molecule has 0 fully saturated rings. The highest BCUT2D eigenvalue weighted by Crippen LogP contribution is 2.32. The molecule has 0 amide bonds. The number of aromatic nitrogens is 2. The van der Waals surface area contributed by atoms with Crippen LogP contribution >= 0.6 is 11.6 Å². The summed E-state index contributed by atoms with van der Waals surface area (Å²) in [4.78, 5) is 0. The molecule has 0 radical (unpaired) electrons. The molecule has 2 aromatic carbocycles. The molecule has 3 rings (SSSR count). The molecule has 1 atom stereocenters. The van der Waals surface area contributed by atoms with Gasteiger partial charge < -0.3 is 19.9 Å². The molecule has 0 bridgehead atoms. The Bertz CT molecular complexity index is 892. The van der Waals surface area contributed by atoms with Crippen molar-refractivity contribution >= 4 is 11.6 Å². The molecule has 0 saturated heterocycles. The van der Waals surface area contributed by atoms with E-state index in [9.17, 15) is 5.11 Å². The van der Waals surface area contributed by atoms with Crippen LogP contribution in [0.25, 0.3) is 11.3 Å². The van der Waals surface area contributed by atoms with Crippen LogP contribution in [0, 0.1) is 0 Å². The summed E-state index contributed by atoms with van der Waals surface area (Å²) in [6, 6.07) is 19.1. The fourth-order valence-electron chi connectivity index (χ4n) is 2.81. The number of rotatable bonds is 10. The van der Waals surface area contributed by atoms with E-state index in [1.807, 2.05) is 30.3 Å². The Balaban J connectivity index is 1.55. The van der Waals surface area contributed by atoms with Gasteiger partial charge in [0.15, 0.2) is 5.15 Å². The highest BCUT2D eigenvalue weighted by molar-refractivity contribution is 6.29. The second-order valence-electron chi connectivity index (χ2n) is 6.51. The molecular formula is C22H24ClN3O3. The molecule has 0 aliphatic heterocycles. The van der Waals surface area contributed by atoms with Crippen LogP contribution in [0.1, 0.15) is 5.56 Å². The van der Waals surface area contributed by atoms with Crippen LogP contribution in [0.3, 0.4) is 0 Å². The number of nitrogens with one attached hydrogen (secondary N) is 1. The van der Waals surface area contributed by atoms with E-state index in [0.717, 1.165) is 18.5 Å². The number of hydrogen-bond donors (Lipinski definition) is 2. The van der Waals surface area contributed by atoms with Gasteiger partial charge in [0.1, 0.15) is 24.2 Å². The molecule has 1 heterocycles. The molecular weight excluding hydrogens is 390 g/mol. The quantitative estimate of drug-likeness (QED) is 0.496. The summed E-state index contributed by atoms with van der Waals surface area (Å²) in [6.07, 6.45) is 0.255. The van der Waals surface area contributed by atoms with Gasteiger partial charge in [0.25, 0.3) is 0 Å². The Morgan fingerprint density at radius 3 is 2.62 bits per heavy atom. The third kappa shape index (κ3) is 6.42. The first-order chi connectivity index (χ1) is 14.2. The third-order valence-corrected chi connectivity index (χ3v) is 4.54. The van der Waals surface area contributed by atoms with Crippen LogP contribution < -0.4 is 14.8 Å². The zero-order valence-corrected chi connectivity index (χ0v) is 17.0. The molecule has 3 aromatic rings. The van der Waals surface area contributed by atoms with E-state index in [1.165, 1.54) is 5.56 Å². The molecule has 2 N–H and O–H groups in total. The van der Waals surface area contributed by atoms with Crippen LogP contribution in [-0.4, -0.2) is 48.2 Å². The van der Waals surface area contributed by atoms with Gasteiger partial charge in [-0.2, -0.15) is 0 Å². The Hall–Kier alpha value is -2.67. The lowest BCUT2D eigenvalue weighted by Crippen LogP contribution is -2.32. The smallest absolute Gasteiger partial charge is 0.151 e. The first-order valence-electron chi connectivity index (χ1n) is 9.39. The lowest BCUT2D eigenvalue weighted by atomic mass is 10.1. The Labute approximate surface area is 175 Å². The van der Waals surface area contributed by atoms with Gasteiger partial charge in [0.05, 0.1) is 12.8 Å². The fourth-order valence-corrected chi connectivity index (χ4v) is 2.91. The second-order valence-corrected chi connectivity index (χ2v) is 6.90. The minimum Gasteiger partial charge on any atom is -0.497 e. The highest BCUT2D eigenvalue weighted by Gasteiger charge is 2.13. The fraction of sp³-hybridized carbons (Fsp3) is 0.273. The van der Waals surface area contributed by atoms with E-state index in [1.54, 1.807) is 25.3 Å². The first kappa shape index (κ1) is 21.0. The number of hydrogen-bond acceptors (Lipinski definition) is 6. The van der Waals surface area contributed by atoms with Crippen molar-refractivity contribution in [2.45, 2.75) is 12.5 Å². The van der Waals surface area contributed by atoms with Crippen LogP contribution in [0.4, 0.5) is 0 Å². The SMILES string of the molecule is COc1ccc(-c2ccc(Cl)nn2)c(OCC(O)CNCCc2ccccc2)c1. The number of nitrogens with zero attached hydrogens (tertiary/aromatic N) is 2. The van der Waals surface area contributed by atoms with Crippen molar-refractivity contribution in [3.8, 4) is 22.8 Å². The maximum atomic E-state index is 10.3. The van der Waals surface area contributed by atoms with Crippen LogP contribution in [0.15, 0.2) is 60.7 Å². The number of methoxy groups -OCH3 is 1. The minimum atomic E-state index is -0.652. The summed E-state index contributed by atoms with van der Waals surface area (Å²) in [5.41, 5.74) is 2.64. The summed E-state index contributed by atoms with van der Waals surface area (Å²) in [5.74, 6) is 1.21. The predicted octanol–water partition coefficient (Wildman–Crippen LogP) is 3.38. The topological polar surface area (TPSA) is 76.5 Å². The molecule has 6 nitrogen and oxygen atoms in total. The van der Waals surface area contributed by atoms with Crippen molar-refractivity contribution < 1.29 is 14.6 Å². The third-order valence-electron chi connectivity index (χ3n) is 4.34. The largest absolute Gasteiger partial charge is 0.497 e. The van der Waals surface area contributed by atoms with E-state index in [2.05, 4.69) is 27.6 Å². The van der Waals surface area contributed by atoms with Gasteiger partial charge >= 0.3 is 0 Å². The van der Waals surface area contributed by atoms with E-state index in [-0.39, 0.29) is 6.61 Å². The number of benzene rings is 2. The average Bonchev–Trinajstić information content (AvgIpc) is 2.76. The maximum absolute atomic E-state index is 10.3. The van der Waals surface area contributed by atoms with Crippen molar-refractivity contribution in [2.24, 2.45) is 0 Å². The van der Waals surface area contributed by atoms with Crippen LogP contribution in [0.2, 0.25) is 5.15 Å². The van der Waals surface area contributed by atoms with Gasteiger partial charge in [-0.25, -0.2) is 0 Å². The number of ether oxygens (including phenoxy) is 2. The predicted molar refractivity (Wildman–Crippen MR) is 114 cm³/mol. The van der Waals surface area contributed by atoms with Crippen LogP contribution in [0.5, 0.6) is 11.5 Å². The van der Waals surface area contributed by atoms with E-state index < -0.39 is 6.10 Å². The zero-order valence-electron chi connectivity index (χ0n) is 16.2. The lowest BCUT2D eigenvalue weighted by molar-refractivity contribution is 0.107. The van der Waals surface area contributed by atoms with Gasteiger partial charge in [-0.15, -0.1) is 10.2 Å². The van der Waals surface area contributed by atoms with Gasteiger partial charge in [-0.05, 0) is 42.8 Å². The van der Waals surface area contributed by atoms with Crippen molar-refractivity contribution in [3.05, 3.63) is 71.4 Å². The normalized spacial score (nSPS) is 11.8. The first-order valence-corrected chi connectivity index (χ1v) is 9.76. The van der Waals surface area contributed by atoms with E-state index >= 15 is 0 Å². The van der Waals surface area contributed by atoms with Crippen molar-refractivity contribution in [1.82, 2.24) is 15.5 Å². The zero-order chi connectivity index (χ0) is 20.5. The van der Waals surface area contributed by atoms with Crippen molar-refractivity contribution in [1.29, 1.82) is 0 Å². The Morgan fingerprint density at radius 1 is 1.07 bits per heavy atom. The Morgan fingerprint density at radius 2 is 1.90 bits per heavy atom. The van der Waals surface area contributed by atoms with Gasteiger partial charge in [-0.1, -0.05) is 41.9 Å². The number of aliphatic hydroxyl groups is 1. The standard InChI is InChI=1S/C22H24ClN3O3/c1-28-18-7-8-19(20-9-10-22(23)26-25-20)21(13-18)29-15-17(27)14-24-12-11-16-5-3-2-4-6-16/h2-10,13,17,24,27H,11-12,14-15H2,1H3. The number of aliphatic hydroxyl groups excluding tert-OH is 1. The molecule has 1 unspecified atom stereocenters. The van der Waals surface area contributed by atoms with Gasteiger partial charge in [0, 0.05) is 18.2 Å². The molecule has 7 heteroatoms. The molecule has 0 aliphatic carbocycles. The summed E-state index contributed by atoms with van der Waals surface area (Å²) >= 11 is 5.82. The van der Waals surface area contributed by atoms with Gasteiger partial charge in [-0.3, -0.25) is 0 Å². The number of halogens is 1. The summed E-state index contributed by atoms with van der Waals surface area (Å²) < 4.78 is 11.2. The summed E-state index contributed by atoms with van der Waals surface area (Å²) in [5, 5.41) is 21.8. The van der Waals surface area contributed by atoms with Gasteiger partial charge in [0.2, 0.25) is 0 Å². The second kappa shape index (κ2) is 10.8. The molecule has 0 aliphatic rings. The van der Waals surface area contributed by atoms with Crippen molar-refractivity contribution in [2.75, 3.05) is 26.8 Å². The monoisotopic (exact) mass is 413 g/mol. The summed E-state index contributed by atoms with van der Waals surface area (Å²) in [7, 11) is 1.59. The lowest BCUT2D eigenvalue weighted by Gasteiger charge is -2.16. The van der Waals surface area contributed by atoms with Crippen LogP contribution in [-0.2, 0) is 6.42 Å². The Kier molecular flexibility index (Phi) is 7.81. The minimum absolute atomic E-state index is 0.138.